The summed E-state index contributed by atoms with van der Waals surface area (Å²) in [6.45, 7) is 0. The molecule has 29 heavy (non-hydrogen) atoms. The molecule has 3 heterocycles. The van der Waals surface area contributed by atoms with Gasteiger partial charge < -0.3 is 10.1 Å². The topological polar surface area (TPSA) is 71.5 Å². The molecule has 0 atom stereocenters. The van der Waals surface area contributed by atoms with E-state index in [0.717, 1.165) is 17.1 Å². The number of carbonyl (C=O) groups is 2. The van der Waals surface area contributed by atoms with Crippen molar-refractivity contribution in [3.63, 3.8) is 0 Å². The van der Waals surface area contributed by atoms with E-state index in [-0.39, 0.29) is 10.9 Å². The normalized spacial score (nSPS) is 12.7. The molecular formula is C21H12ClN3O3S. The van der Waals surface area contributed by atoms with Crippen molar-refractivity contribution in [2.24, 2.45) is 0 Å². The molecule has 1 aliphatic rings. The summed E-state index contributed by atoms with van der Waals surface area (Å²) in [5.74, 6) is 1.39. The Kier molecular flexibility index (Phi) is 4.19. The summed E-state index contributed by atoms with van der Waals surface area (Å²) in [5.41, 5.74) is 1.72. The highest BCUT2D eigenvalue weighted by Crippen LogP contribution is 2.46. The van der Waals surface area contributed by atoms with Gasteiger partial charge in [0.25, 0.3) is 5.24 Å². The summed E-state index contributed by atoms with van der Waals surface area (Å²) >= 11 is 6.84. The van der Waals surface area contributed by atoms with Gasteiger partial charge in [0.05, 0.1) is 22.4 Å². The fraction of sp³-hybridized carbons (Fsp3) is 0. The van der Waals surface area contributed by atoms with Crippen molar-refractivity contribution in [2.75, 3.05) is 10.2 Å². The largest absolute Gasteiger partial charge is 0.457 e. The Morgan fingerprint density at radius 3 is 2.48 bits per heavy atom. The van der Waals surface area contributed by atoms with E-state index in [9.17, 15) is 9.59 Å². The molecule has 142 valence electrons. The lowest BCUT2D eigenvalue weighted by Crippen LogP contribution is -2.34. The van der Waals surface area contributed by atoms with Gasteiger partial charge in [-0.05, 0) is 54.1 Å². The molecule has 0 spiro atoms. The SMILES string of the molecule is O=C(Cl)c1sc2nccc3c2c1NC(=O)N3c1ccc(Oc2ccccc2)cc1. The Labute approximate surface area is 174 Å². The van der Waals surface area contributed by atoms with Gasteiger partial charge in [0.2, 0.25) is 0 Å². The van der Waals surface area contributed by atoms with E-state index >= 15 is 0 Å². The number of carbonyl (C=O) groups excluding carboxylic acids is 2. The number of anilines is 3. The number of aromatic nitrogens is 1. The molecule has 0 unspecified atom stereocenters. The fourth-order valence-corrected chi connectivity index (χ4v) is 4.43. The molecule has 0 radical (unpaired) electrons. The van der Waals surface area contributed by atoms with Crippen LogP contribution < -0.4 is 15.0 Å². The van der Waals surface area contributed by atoms with Crippen LogP contribution in [0.15, 0.2) is 66.9 Å². The van der Waals surface area contributed by atoms with Crippen LogP contribution in [0.1, 0.15) is 9.67 Å². The average Bonchev–Trinajstić information content (AvgIpc) is 3.10. The summed E-state index contributed by atoms with van der Waals surface area (Å²) in [6.07, 6.45) is 1.61. The van der Waals surface area contributed by atoms with Crippen LogP contribution in [-0.4, -0.2) is 16.3 Å². The minimum atomic E-state index is -0.620. The van der Waals surface area contributed by atoms with Crippen LogP contribution in [0.4, 0.5) is 21.9 Å². The number of halogens is 1. The molecule has 5 rings (SSSR count). The Bertz CT molecular complexity index is 1260. The van der Waals surface area contributed by atoms with Crippen molar-refractivity contribution in [3.8, 4) is 11.5 Å². The molecular weight excluding hydrogens is 410 g/mol. The van der Waals surface area contributed by atoms with Crippen LogP contribution >= 0.6 is 22.9 Å². The standard InChI is InChI=1S/C21H12ClN3O3S/c22-19(26)18-17-16-15(10-11-23-20(16)29-18)25(21(27)24-17)12-6-8-14(9-7-12)28-13-4-2-1-3-5-13/h1-11H,(H,24,27). The second-order valence-corrected chi connectivity index (χ2v) is 7.61. The van der Waals surface area contributed by atoms with Gasteiger partial charge in [-0.25, -0.2) is 9.78 Å². The summed E-state index contributed by atoms with van der Waals surface area (Å²) in [7, 11) is 0. The number of hydrogen-bond donors (Lipinski definition) is 1. The van der Waals surface area contributed by atoms with Crippen molar-refractivity contribution < 1.29 is 14.3 Å². The lowest BCUT2D eigenvalue weighted by atomic mass is 10.1. The van der Waals surface area contributed by atoms with Gasteiger partial charge in [0.1, 0.15) is 21.2 Å². The quantitative estimate of drug-likeness (QED) is 0.401. The fourth-order valence-electron chi connectivity index (χ4n) is 3.27. The molecule has 0 fully saturated rings. The molecule has 8 heteroatoms. The highest BCUT2D eigenvalue weighted by molar-refractivity contribution is 7.22. The number of urea groups is 1. The molecule has 0 saturated heterocycles. The molecule has 2 amide bonds. The van der Waals surface area contributed by atoms with Crippen LogP contribution in [0, 0.1) is 0 Å². The second kappa shape index (κ2) is 6.88. The first-order chi connectivity index (χ1) is 14.1. The Hall–Kier alpha value is -3.42. The van der Waals surface area contributed by atoms with Gasteiger partial charge in [-0.15, -0.1) is 11.3 Å². The van der Waals surface area contributed by atoms with E-state index < -0.39 is 5.24 Å². The Morgan fingerprint density at radius 1 is 1.03 bits per heavy atom. The summed E-state index contributed by atoms with van der Waals surface area (Å²) in [6, 6.07) is 18.0. The number of para-hydroxylation sites is 1. The number of nitrogens with zero attached hydrogens (tertiary/aromatic N) is 2. The highest BCUT2D eigenvalue weighted by Gasteiger charge is 2.32. The number of benzene rings is 2. The number of rotatable bonds is 4. The predicted octanol–water partition coefficient (Wildman–Crippen LogP) is 6.15. The van der Waals surface area contributed by atoms with E-state index in [1.54, 1.807) is 41.4 Å². The zero-order chi connectivity index (χ0) is 20.0. The first-order valence-electron chi connectivity index (χ1n) is 8.67. The van der Waals surface area contributed by atoms with Gasteiger partial charge in [0, 0.05) is 6.20 Å². The molecule has 0 saturated carbocycles. The molecule has 1 N–H and O–H groups in total. The zero-order valence-electron chi connectivity index (χ0n) is 14.8. The van der Waals surface area contributed by atoms with E-state index in [2.05, 4.69) is 10.3 Å². The number of ether oxygens (including phenoxy) is 1. The van der Waals surface area contributed by atoms with Crippen molar-refractivity contribution >= 4 is 61.5 Å². The van der Waals surface area contributed by atoms with Crippen molar-refractivity contribution in [3.05, 3.63) is 71.7 Å². The van der Waals surface area contributed by atoms with Gasteiger partial charge in [-0.2, -0.15) is 0 Å². The molecule has 4 aromatic rings. The monoisotopic (exact) mass is 421 g/mol. The minimum Gasteiger partial charge on any atom is -0.457 e. The lowest BCUT2D eigenvalue weighted by Gasteiger charge is -2.28. The van der Waals surface area contributed by atoms with Crippen molar-refractivity contribution in [2.45, 2.75) is 0 Å². The summed E-state index contributed by atoms with van der Waals surface area (Å²) in [4.78, 5) is 31.4. The number of thiophene rings is 1. The number of nitrogens with one attached hydrogen (secondary N) is 1. The van der Waals surface area contributed by atoms with Crippen LogP contribution in [0.25, 0.3) is 10.2 Å². The van der Waals surface area contributed by atoms with Crippen molar-refractivity contribution in [1.29, 1.82) is 0 Å². The van der Waals surface area contributed by atoms with E-state index in [1.165, 1.54) is 0 Å². The second-order valence-electron chi connectivity index (χ2n) is 6.26. The highest BCUT2D eigenvalue weighted by atomic mass is 35.5. The summed E-state index contributed by atoms with van der Waals surface area (Å²) < 4.78 is 5.81. The number of pyridine rings is 1. The summed E-state index contributed by atoms with van der Waals surface area (Å²) in [5, 5.41) is 2.86. The molecule has 2 aromatic carbocycles. The first-order valence-corrected chi connectivity index (χ1v) is 9.86. The molecule has 0 aliphatic carbocycles. The molecule has 6 nitrogen and oxygen atoms in total. The molecule has 0 bridgehead atoms. The average molecular weight is 422 g/mol. The van der Waals surface area contributed by atoms with Crippen LogP contribution in [-0.2, 0) is 0 Å². The van der Waals surface area contributed by atoms with Gasteiger partial charge in [-0.3, -0.25) is 9.69 Å². The predicted molar refractivity (Wildman–Crippen MR) is 114 cm³/mol. The zero-order valence-corrected chi connectivity index (χ0v) is 16.3. The van der Waals surface area contributed by atoms with Crippen LogP contribution in [0.3, 0.4) is 0 Å². The third-order valence-corrected chi connectivity index (χ3v) is 5.90. The van der Waals surface area contributed by atoms with Gasteiger partial charge in [0.15, 0.2) is 0 Å². The van der Waals surface area contributed by atoms with E-state index in [4.69, 9.17) is 16.3 Å². The maximum Gasteiger partial charge on any atom is 0.331 e. The minimum absolute atomic E-state index is 0.279. The lowest BCUT2D eigenvalue weighted by molar-refractivity contribution is 0.108. The van der Waals surface area contributed by atoms with Crippen molar-refractivity contribution in [1.82, 2.24) is 4.98 Å². The van der Waals surface area contributed by atoms with Crippen LogP contribution in [0.5, 0.6) is 11.5 Å². The van der Waals surface area contributed by atoms with Gasteiger partial charge >= 0.3 is 6.03 Å². The third kappa shape index (κ3) is 3.00. The maximum absolute atomic E-state index is 12.9. The van der Waals surface area contributed by atoms with E-state index in [1.807, 2.05) is 30.3 Å². The molecule has 2 aromatic heterocycles. The van der Waals surface area contributed by atoms with Gasteiger partial charge in [-0.1, -0.05) is 18.2 Å². The Morgan fingerprint density at radius 2 is 1.76 bits per heavy atom. The number of hydrogen-bond acceptors (Lipinski definition) is 5. The first kappa shape index (κ1) is 17.7. The van der Waals surface area contributed by atoms with E-state index in [0.29, 0.717) is 33.0 Å². The number of amides is 2. The maximum atomic E-state index is 12.9. The molecule has 1 aliphatic heterocycles. The smallest absolute Gasteiger partial charge is 0.331 e. The van der Waals surface area contributed by atoms with Crippen LogP contribution in [0.2, 0.25) is 0 Å². The third-order valence-electron chi connectivity index (χ3n) is 4.50. The Balaban J connectivity index is 1.54.